The van der Waals surface area contributed by atoms with Gasteiger partial charge in [0.15, 0.2) is 6.29 Å². The van der Waals surface area contributed by atoms with E-state index in [4.69, 9.17) is 0 Å². The van der Waals surface area contributed by atoms with Crippen LogP contribution < -0.4 is 4.90 Å². The lowest BCUT2D eigenvalue weighted by Crippen LogP contribution is -2.34. The highest BCUT2D eigenvalue weighted by Gasteiger charge is 2.26. The molecule has 0 spiro atoms. The van der Waals surface area contributed by atoms with Crippen LogP contribution in [0.1, 0.15) is 33.8 Å². The van der Waals surface area contributed by atoms with Crippen LogP contribution >= 0.6 is 11.3 Å². The molecule has 2 aromatic rings. The third-order valence-electron chi connectivity index (χ3n) is 3.49. The standard InChI is InChI=1S/C14H14N2OS/c1-10-12-5-8-18-13(12)4-7-16(10)14-11(9-17)3-2-6-15-14/h2-3,5-6,8-10H,4,7H2,1H3. The predicted octanol–water partition coefficient (Wildman–Crippen LogP) is 3.08. The van der Waals surface area contributed by atoms with Gasteiger partial charge in [0.2, 0.25) is 0 Å². The molecule has 0 saturated heterocycles. The smallest absolute Gasteiger partial charge is 0.153 e. The summed E-state index contributed by atoms with van der Waals surface area (Å²) in [6, 6.07) is 6.09. The van der Waals surface area contributed by atoms with Gasteiger partial charge in [0.25, 0.3) is 0 Å². The van der Waals surface area contributed by atoms with Gasteiger partial charge in [-0.15, -0.1) is 11.3 Å². The molecule has 1 aliphatic heterocycles. The van der Waals surface area contributed by atoms with Crippen molar-refractivity contribution in [3.63, 3.8) is 0 Å². The molecule has 0 fully saturated rings. The first-order valence-corrected chi connectivity index (χ1v) is 6.92. The van der Waals surface area contributed by atoms with Gasteiger partial charge in [-0.25, -0.2) is 4.98 Å². The molecule has 3 nitrogen and oxygen atoms in total. The zero-order valence-electron chi connectivity index (χ0n) is 10.2. The Hall–Kier alpha value is -1.68. The van der Waals surface area contributed by atoms with Crippen molar-refractivity contribution in [2.45, 2.75) is 19.4 Å². The fourth-order valence-corrected chi connectivity index (χ4v) is 3.50. The van der Waals surface area contributed by atoms with E-state index in [9.17, 15) is 4.79 Å². The first kappa shape index (κ1) is 11.4. The Labute approximate surface area is 110 Å². The summed E-state index contributed by atoms with van der Waals surface area (Å²) in [5, 5.41) is 2.14. The SMILES string of the molecule is CC1c2ccsc2CCN1c1ncccc1C=O. The fourth-order valence-electron chi connectivity index (χ4n) is 2.54. The second-order valence-corrected chi connectivity index (χ2v) is 5.45. The summed E-state index contributed by atoms with van der Waals surface area (Å²) in [6.45, 7) is 3.10. The zero-order valence-corrected chi connectivity index (χ0v) is 11.0. The molecule has 0 amide bonds. The molecular weight excluding hydrogens is 244 g/mol. The number of aromatic nitrogens is 1. The van der Waals surface area contributed by atoms with Crippen LogP contribution in [0.3, 0.4) is 0 Å². The lowest BCUT2D eigenvalue weighted by molar-refractivity contribution is 0.112. The highest BCUT2D eigenvalue weighted by molar-refractivity contribution is 7.10. The fraction of sp³-hybridized carbons (Fsp3) is 0.286. The Bertz CT molecular complexity index is 579. The molecule has 0 saturated carbocycles. The van der Waals surface area contributed by atoms with Crippen molar-refractivity contribution in [3.8, 4) is 0 Å². The molecule has 0 N–H and O–H groups in total. The van der Waals surface area contributed by atoms with Crippen LogP contribution in [0.5, 0.6) is 0 Å². The number of pyridine rings is 1. The largest absolute Gasteiger partial charge is 0.349 e. The second-order valence-electron chi connectivity index (χ2n) is 4.45. The molecule has 1 aliphatic rings. The summed E-state index contributed by atoms with van der Waals surface area (Å²) >= 11 is 1.82. The number of hydrogen-bond acceptors (Lipinski definition) is 4. The summed E-state index contributed by atoms with van der Waals surface area (Å²) in [5.41, 5.74) is 2.04. The molecule has 1 unspecified atom stereocenters. The Morgan fingerprint density at radius 3 is 3.22 bits per heavy atom. The summed E-state index contributed by atoms with van der Waals surface area (Å²) in [4.78, 5) is 19.2. The third-order valence-corrected chi connectivity index (χ3v) is 4.49. The monoisotopic (exact) mass is 258 g/mol. The molecule has 0 aromatic carbocycles. The molecule has 1 atom stereocenters. The lowest BCUT2D eigenvalue weighted by atomic mass is 10.0. The average molecular weight is 258 g/mol. The van der Waals surface area contributed by atoms with Crippen LogP contribution in [0.15, 0.2) is 29.8 Å². The summed E-state index contributed by atoms with van der Waals surface area (Å²) < 4.78 is 0. The molecule has 0 radical (unpaired) electrons. The van der Waals surface area contributed by atoms with Gasteiger partial charge in [-0.1, -0.05) is 0 Å². The number of carbonyl (C=O) groups is 1. The van der Waals surface area contributed by atoms with Gasteiger partial charge >= 0.3 is 0 Å². The minimum Gasteiger partial charge on any atom is -0.349 e. The number of aldehydes is 1. The average Bonchev–Trinajstić information content (AvgIpc) is 2.88. The van der Waals surface area contributed by atoms with Crippen molar-refractivity contribution in [1.29, 1.82) is 0 Å². The Morgan fingerprint density at radius 2 is 2.39 bits per heavy atom. The van der Waals surface area contributed by atoms with Crippen LogP contribution in [0, 0.1) is 0 Å². The molecular formula is C14H14N2OS. The van der Waals surface area contributed by atoms with Gasteiger partial charge in [0.05, 0.1) is 11.6 Å². The quantitative estimate of drug-likeness (QED) is 0.776. The molecule has 4 heteroatoms. The minimum absolute atomic E-state index is 0.286. The van der Waals surface area contributed by atoms with E-state index in [0.717, 1.165) is 25.1 Å². The van der Waals surface area contributed by atoms with Crippen LogP contribution in [-0.4, -0.2) is 17.8 Å². The van der Waals surface area contributed by atoms with Crippen LogP contribution in [0.25, 0.3) is 0 Å². The third kappa shape index (κ3) is 1.73. The van der Waals surface area contributed by atoms with Gasteiger partial charge in [0, 0.05) is 17.6 Å². The van der Waals surface area contributed by atoms with Crippen molar-refractivity contribution in [3.05, 3.63) is 45.8 Å². The van der Waals surface area contributed by atoms with E-state index < -0.39 is 0 Å². The molecule has 0 bridgehead atoms. The van der Waals surface area contributed by atoms with Crippen molar-refractivity contribution < 1.29 is 4.79 Å². The van der Waals surface area contributed by atoms with Crippen LogP contribution in [0.2, 0.25) is 0 Å². The zero-order chi connectivity index (χ0) is 12.5. The summed E-state index contributed by atoms with van der Waals surface area (Å²) in [7, 11) is 0. The Morgan fingerprint density at radius 1 is 1.50 bits per heavy atom. The van der Waals surface area contributed by atoms with Crippen LogP contribution in [0.4, 0.5) is 5.82 Å². The minimum atomic E-state index is 0.286. The number of carbonyl (C=O) groups excluding carboxylic acids is 1. The molecule has 0 aliphatic carbocycles. The van der Waals surface area contributed by atoms with Gasteiger partial charge in [0.1, 0.15) is 5.82 Å². The highest BCUT2D eigenvalue weighted by atomic mass is 32.1. The number of fused-ring (bicyclic) bond motifs is 1. The first-order valence-electron chi connectivity index (χ1n) is 6.04. The molecule has 2 aromatic heterocycles. The molecule has 3 heterocycles. The van der Waals surface area contributed by atoms with E-state index in [-0.39, 0.29) is 6.04 Å². The van der Waals surface area contributed by atoms with E-state index >= 15 is 0 Å². The molecule has 3 rings (SSSR count). The van der Waals surface area contributed by atoms with E-state index in [1.165, 1.54) is 10.4 Å². The summed E-state index contributed by atoms with van der Waals surface area (Å²) in [5.74, 6) is 0.803. The number of rotatable bonds is 2. The maximum absolute atomic E-state index is 11.1. The second kappa shape index (κ2) is 4.53. The topological polar surface area (TPSA) is 33.2 Å². The lowest BCUT2D eigenvalue weighted by Gasteiger charge is -2.35. The number of nitrogens with zero attached hydrogens (tertiary/aromatic N) is 2. The number of anilines is 1. The van der Waals surface area contributed by atoms with Gasteiger partial charge in [-0.05, 0) is 42.5 Å². The van der Waals surface area contributed by atoms with E-state index in [1.807, 2.05) is 17.4 Å². The predicted molar refractivity (Wildman–Crippen MR) is 73.4 cm³/mol. The van der Waals surface area contributed by atoms with E-state index in [0.29, 0.717) is 5.56 Å². The van der Waals surface area contributed by atoms with Gasteiger partial charge < -0.3 is 4.90 Å². The highest BCUT2D eigenvalue weighted by Crippen LogP contribution is 2.35. The maximum Gasteiger partial charge on any atom is 0.153 e. The number of thiophene rings is 1. The molecule has 92 valence electrons. The Kier molecular flexibility index (Phi) is 2.88. The van der Waals surface area contributed by atoms with Crippen molar-refractivity contribution >= 4 is 23.4 Å². The van der Waals surface area contributed by atoms with Crippen molar-refractivity contribution in [2.24, 2.45) is 0 Å². The number of hydrogen-bond donors (Lipinski definition) is 0. The summed E-state index contributed by atoms with van der Waals surface area (Å²) in [6.07, 6.45) is 3.67. The first-order chi connectivity index (χ1) is 8.81. The van der Waals surface area contributed by atoms with E-state index in [1.54, 1.807) is 12.3 Å². The maximum atomic E-state index is 11.1. The van der Waals surface area contributed by atoms with Crippen LogP contribution in [-0.2, 0) is 6.42 Å². The normalized spacial score (nSPS) is 18.5. The van der Waals surface area contributed by atoms with Gasteiger partial charge in [-0.3, -0.25) is 4.79 Å². The van der Waals surface area contributed by atoms with Crippen molar-refractivity contribution in [1.82, 2.24) is 4.98 Å². The van der Waals surface area contributed by atoms with E-state index in [2.05, 4.69) is 28.3 Å². The molecule has 18 heavy (non-hydrogen) atoms. The van der Waals surface area contributed by atoms with Crippen molar-refractivity contribution in [2.75, 3.05) is 11.4 Å². The Balaban J connectivity index is 2.01. The van der Waals surface area contributed by atoms with Gasteiger partial charge in [-0.2, -0.15) is 0 Å².